The summed E-state index contributed by atoms with van der Waals surface area (Å²) in [7, 11) is -12.8. The van der Waals surface area contributed by atoms with Gasteiger partial charge in [-0.1, -0.05) is 75.4 Å². The van der Waals surface area contributed by atoms with Crippen molar-refractivity contribution in [1.29, 1.82) is 0 Å². The van der Waals surface area contributed by atoms with Gasteiger partial charge in [-0.3, -0.25) is 71.0 Å². The lowest BCUT2D eigenvalue weighted by molar-refractivity contribution is -0.152. The molecule has 0 bridgehead atoms. The predicted molar refractivity (Wildman–Crippen MR) is 394 cm³/mol. The Hall–Kier alpha value is -8.79. The Kier molecular flexibility index (Phi) is 32.5. The van der Waals surface area contributed by atoms with Crippen LogP contribution in [-0.4, -0.2) is 191 Å². The van der Waals surface area contributed by atoms with Crippen LogP contribution >= 0.6 is 22.8 Å². The molecule has 4 unspecified atom stereocenters. The monoisotopic (exact) mass is 1730 g/mol. The van der Waals surface area contributed by atoms with E-state index in [-0.39, 0.29) is 30.9 Å². The lowest BCUT2D eigenvalue weighted by Crippen LogP contribution is -2.48. The molecule has 0 saturated carbocycles. The summed E-state index contributed by atoms with van der Waals surface area (Å²) in [6.45, 7) is 12.2. The molecule has 45 heteroatoms. The first-order valence-electron chi connectivity index (χ1n) is 36.1. The molecule has 117 heavy (non-hydrogen) atoms. The van der Waals surface area contributed by atoms with E-state index in [1.54, 1.807) is 111 Å². The number of aliphatic hydroxyl groups is 3. The Morgan fingerprint density at radius 1 is 0.410 bits per heavy atom. The zero-order valence-electron chi connectivity index (χ0n) is 64.8. The molecule has 3 aromatic heterocycles. The van der Waals surface area contributed by atoms with Crippen LogP contribution in [-0.2, 0) is 70.1 Å². The van der Waals surface area contributed by atoms with Crippen LogP contribution in [0.3, 0.4) is 0 Å². The highest BCUT2D eigenvalue weighted by Crippen LogP contribution is 2.57. The fourth-order valence-corrected chi connectivity index (χ4v) is 18.3. The van der Waals surface area contributed by atoms with Crippen molar-refractivity contribution in [2.24, 2.45) is 17.8 Å². The quantitative estimate of drug-likeness (QED) is 0.00971. The van der Waals surface area contributed by atoms with E-state index in [1.165, 1.54) is 77.9 Å². The Morgan fingerprint density at radius 3 is 0.821 bits per heavy atom. The second-order valence-electron chi connectivity index (χ2n) is 28.5. The third-order valence-corrected chi connectivity index (χ3v) is 24.1. The maximum absolute atomic E-state index is 15.7. The number of aliphatic hydroxyl groups excluding tert-OH is 3. The van der Waals surface area contributed by atoms with Crippen LogP contribution in [0.25, 0.3) is 0 Å². The van der Waals surface area contributed by atoms with Gasteiger partial charge in [-0.05, 0) is 98.7 Å². The largest absolute Gasteiger partial charge is 0.463 e. The molecule has 0 spiro atoms. The summed E-state index contributed by atoms with van der Waals surface area (Å²) in [6, 6.07) is 23.4. The number of esters is 3. The maximum atomic E-state index is 15.7. The molecule has 3 saturated heterocycles. The number of ether oxygens (including phenoxy) is 6. The number of hydrogen-bond acceptors (Lipinski definition) is 27. The van der Waals surface area contributed by atoms with Gasteiger partial charge in [0.05, 0.1) is 91.5 Å². The minimum Gasteiger partial charge on any atom is -0.463 e. The number of aromatic amines is 3. The summed E-state index contributed by atoms with van der Waals surface area (Å²) in [5.41, 5.74) is -18.0. The molecule has 3 aromatic carbocycles. The van der Waals surface area contributed by atoms with E-state index in [2.05, 4.69) is 0 Å². The number of alkyl halides is 6. The third kappa shape index (κ3) is 23.4. The molecule has 9 rings (SSSR count). The molecule has 21 atom stereocenters. The molecule has 6 heterocycles. The van der Waals surface area contributed by atoms with Crippen molar-refractivity contribution in [1.82, 2.24) is 28.7 Å². The zero-order chi connectivity index (χ0) is 87.4. The molecular formula is C72H90F9N6O27P3. The summed E-state index contributed by atoms with van der Waals surface area (Å²) >= 11 is 0. The molecular weight excluding hydrogens is 1640 g/mol. The molecule has 6 N–H and O–H groups in total. The molecule has 0 amide bonds. The number of hydrogen-bond donors (Lipinski definition) is 6. The fraction of sp³-hybridized carbons (Fsp3) is 0.542. The average molecular weight is 1740 g/mol. The SMILES string of the molecule is CC(C)OC(=O)[C@H](C)CP(=O)(Oc1ccccc1)O[C@H](C)[C@H]1O[C@@H](n2cc(F)c(=O)[nH]c2=O)C(F)(CF)[C@H]1O.CC(C)OC(=O)[C@H](C)C[P@@](=O)(Oc1ccccc1)O[C@H](C)[C@H]1O[C@@H](n2cc(F)c(=O)[nH]c2=O)C(F)(CF)[C@H]1O.CC(C)OC(=O)[C@H](C)C[P@](=O)(Oc1ccccc1)O[C@H](C)[C@H]1O[C@@H](n2cc(F)c(=O)[nH]c2=O)C(F)(CF)[C@H]1O. The number of rotatable bonds is 33. The van der Waals surface area contributed by atoms with Gasteiger partial charge in [-0.15, -0.1) is 0 Å². The van der Waals surface area contributed by atoms with Crippen LogP contribution in [0.4, 0.5) is 39.5 Å². The van der Waals surface area contributed by atoms with Gasteiger partial charge in [0.2, 0.25) is 34.5 Å². The first kappa shape index (κ1) is 95.4. The third-order valence-electron chi connectivity index (χ3n) is 17.7. The van der Waals surface area contributed by atoms with Crippen LogP contribution in [0.5, 0.6) is 17.2 Å². The van der Waals surface area contributed by atoms with E-state index in [0.29, 0.717) is 18.6 Å². The molecule has 0 radical (unpaired) electrons. The van der Waals surface area contributed by atoms with Crippen molar-refractivity contribution in [2.45, 2.75) is 192 Å². The lowest BCUT2D eigenvalue weighted by atomic mass is 9.95. The second-order valence-corrected chi connectivity index (χ2v) is 34.4. The number of carbonyl (C=O) groups excluding carboxylic acids is 3. The van der Waals surface area contributed by atoms with E-state index < -0.39 is 257 Å². The van der Waals surface area contributed by atoms with Crippen molar-refractivity contribution in [2.75, 3.05) is 38.5 Å². The molecule has 33 nitrogen and oxygen atoms in total. The number of H-pyrrole nitrogens is 3. The van der Waals surface area contributed by atoms with Gasteiger partial charge < -0.3 is 57.3 Å². The number of carbonyl (C=O) groups is 3. The summed E-state index contributed by atoms with van der Waals surface area (Å²) in [5, 5.41) is 32.0. The van der Waals surface area contributed by atoms with E-state index in [1.807, 2.05) is 0 Å². The van der Waals surface area contributed by atoms with Crippen molar-refractivity contribution in [3.8, 4) is 17.2 Å². The van der Waals surface area contributed by atoms with Gasteiger partial charge in [0.25, 0.3) is 16.7 Å². The Labute approximate surface area is 660 Å². The van der Waals surface area contributed by atoms with Crippen LogP contribution < -0.4 is 47.3 Å². The smallest absolute Gasteiger partial charge is 0.380 e. The normalized spacial score (nSPS) is 26.1. The van der Waals surface area contributed by atoms with E-state index in [0.717, 1.165) is 0 Å². The first-order valence-corrected chi connectivity index (χ1v) is 41.3. The highest BCUT2D eigenvalue weighted by atomic mass is 31.2. The molecule has 3 fully saturated rings. The summed E-state index contributed by atoms with van der Waals surface area (Å²) in [5.74, 6) is -9.11. The van der Waals surface area contributed by atoms with Crippen molar-refractivity contribution in [3.63, 3.8) is 0 Å². The minimum atomic E-state index is -4.28. The van der Waals surface area contributed by atoms with Crippen molar-refractivity contribution < 1.29 is 138 Å². The molecule has 6 aromatic rings. The number of nitrogens with zero attached hydrogens (tertiary/aromatic N) is 3. The van der Waals surface area contributed by atoms with E-state index >= 15 is 13.2 Å². The van der Waals surface area contributed by atoms with Gasteiger partial charge in [-0.2, -0.15) is 13.2 Å². The summed E-state index contributed by atoms with van der Waals surface area (Å²) in [4.78, 5) is 113. The molecule has 3 aliphatic heterocycles. The van der Waals surface area contributed by atoms with Gasteiger partial charge in [0.1, 0.15) is 73.9 Å². The van der Waals surface area contributed by atoms with Crippen LogP contribution in [0.1, 0.15) is 102 Å². The van der Waals surface area contributed by atoms with Crippen LogP contribution in [0.15, 0.2) is 138 Å². The number of para-hydroxylation sites is 3. The van der Waals surface area contributed by atoms with Crippen LogP contribution in [0.2, 0.25) is 0 Å². The number of halogens is 9. The van der Waals surface area contributed by atoms with E-state index in [4.69, 9.17) is 55.6 Å². The number of nitrogens with one attached hydrogen (secondary N) is 3. The van der Waals surface area contributed by atoms with Gasteiger partial charge >= 0.3 is 57.8 Å². The van der Waals surface area contributed by atoms with Gasteiger partial charge in [0.15, 0.2) is 18.7 Å². The predicted octanol–water partition coefficient (Wildman–Crippen LogP) is 8.63. The number of aromatic nitrogens is 6. The molecule has 3 aliphatic rings. The average Bonchev–Trinajstić information content (AvgIpc) is 1.61. The minimum absolute atomic E-state index is 0.113. The topological polar surface area (TPSA) is 438 Å². The first-order chi connectivity index (χ1) is 54.6. The van der Waals surface area contributed by atoms with Crippen molar-refractivity contribution in [3.05, 3.63) is 190 Å². The fourth-order valence-electron chi connectivity index (χ4n) is 12.0. The van der Waals surface area contributed by atoms with Crippen molar-refractivity contribution >= 4 is 40.7 Å². The maximum Gasteiger partial charge on any atom is 0.380 e. The second kappa shape index (κ2) is 39.8. The summed E-state index contributed by atoms with van der Waals surface area (Å²) < 4.78 is 238. The molecule has 0 aliphatic carbocycles. The Balaban J connectivity index is 0.000000242. The standard InChI is InChI=1S/3C24H30F3N2O9P/c3*1-13(2)35-21(32)14(3)11-39(34,38-16-8-6-5-7-9-16)37-15(4)18-19(30)24(27,12-25)22(36-18)29-10-17(26)20(31)28-23(29)33/h3*5-10,13-15,18-19,22,30H,11-12H2,1-4H3,(H,28,31,33)/t14-,15-,18-,19+,22-,24?,39?;14-,15-,18-,19+,22-,24?,39+;14-,15-,18-,19+,22-,24?,39-/m111/s1. The zero-order valence-corrected chi connectivity index (χ0v) is 67.4. The Morgan fingerprint density at radius 2 is 0.624 bits per heavy atom. The Bertz CT molecular complexity index is 4440. The highest BCUT2D eigenvalue weighted by Gasteiger charge is 2.64. The van der Waals surface area contributed by atoms with E-state index in [9.17, 15) is 98.5 Å². The van der Waals surface area contributed by atoms with Gasteiger partial charge in [0, 0.05) is 0 Å². The lowest BCUT2D eigenvalue weighted by Gasteiger charge is -2.29. The number of benzene rings is 3. The summed E-state index contributed by atoms with van der Waals surface area (Å²) in [6.07, 6.45) is -25.1. The highest BCUT2D eigenvalue weighted by molar-refractivity contribution is 7.55. The van der Waals surface area contributed by atoms with Gasteiger partial charge in [-0.25, -0.2) is 54.4 Å². The molecule has 648 valence electrons. The van der Waals surface area contributed by atoms with Crippen LogP contribution in [0, 0.1) is 35.2 Å².